The summed E-state index contributed by atoms with van der Waals surface area (Å²) in [7, 11) is 1.84. The van der Waals surface area contributed by atoms with Crippen LogP contribution in [0.1, 0.15) is 34.1 Å². The standard InChI is InChI=1S/C21H22BrN3O2/c1-3-15-7-9-18(10-8-15)27-14-16-5-4-6-17(11-16)21(26)23-13-20-19(22)12-24-25(20)2/h4-12H,3,13-14H2,1-2H3,(H,23,26). The molecule has 140 valence electrons. The summed E-state index contributed by atoms with van der Waals surface area (Å²) in [6.07, 6.45) is 2.72. The van der Waals surface area contributed by atoms with E-state index in [1.54, 1.807) is 16.9 Å². The number of ether oxygens (including phenoxy) is 1. The third-order valence-electron chi connectivity index (χ3n) is 4.35. The summed E-state index contributed by atoms with van der Waals surface area (Å²) in [5.74, 6) is 0.695. The van der Waals surface area contributed by atoms with Crippen LogP contribution < -0.4 is 10.1 Å². The summed E-state index contributed by atoms with van der Waals surface area (Å²) in [6, 6.07) is 15.6. The zero-order chi connectivity index (χ0) is 19.2. The first-order valence-electron chi connectivity index (χ1n) is 8.82. The number of nitrogens with zero attached hydrogens (tertiary/aromatic N) is 2. The molecule has 3 aromatic rings. The summed E-state index contributed by atoms with van der Waals surface area (Å²) in [5.41, 5.74) is 3.75. The van der Waals surface area contributed by atoms with Gasteiger partial charge in [-0.05, 0) is 57.7 Å². The maximum absolute atomic E-state index is 12.5. The molecule has 0 unspecified atom stereocenters. The fraction of sp³-hybridized carbons (Fsp3) is 0.238. The largest absolute Gasteiger partial charge is 0.489 e. The number of rotatable bonds is 7. The molecule has 0 bridgehead atoms. The van der Waals surface area contributed by atoms with Gasteiger partial charge in [0.15, 0.2) is 0 Å². The average molecular weight is 428 g/mol. The fourth-order valence-corrected chi connectivity index (χ4v) is 3.18. The molecule has 5 nitrogen and oxygen atoms in total. The molecule has 1 N–H and O–H groups in total. The monoisotopic (exact) mass is 427 g/mol. The van der Waals surface area contributed by atoms with Crippen molar-refractivity contribution >= 4 is 21.8 Å². The fourth-order valence-electron chi connectivity index (χ4n) is 2.69. The zero-order valence-electron chi connectivity index (χ0n) is 15.4. The first kappa shape index (κ1) is 19.2. The Labute approximate surface area is 167 Å². The van der Waals surface area contributed by atoms with E-state index in [2.05, 4.69) is 45.4 Å². The number of carbonyl (C=O) groups excluding carboxylic acids is 1. The number of halogens is 1. The van der Waals surface area contributed by atoms with Gasteiger partial charge in [0.2, 0.25) is 0 Å². The summed E-state index contributed by atoms with van der Waals surface area (Å²) in [5, 5.41) is 7.07. The number of hydrogen-bond acceptors (Lipinski definition) is 3. The van der Waals surface area contributed by atoms with Crippen molar-refractivity contribution in [1.29, 1.82) is 0 Å². The molecule has 0 fully saturated rings. The minimum absolute atomic E-state index is 0.128. The van der Waals surface area contributed by atoms with Crippen molar-refractivity contribution in [3.8, 4) is 5.75 Å². The number of benzene rings is 2. The van der Waals surface area contributed by atoms with E-state index in [4.69, 9.17) is 4.74 Å². The lowest BCUT2D eigenvalue weighted by Crippen LogP contribution is -2.24. The molecule has 1 heterocycles. The summed E-state index contributed by atoms with van der Waals surface area (Å²) in [4.78, 5) is 12.5. The predicted octanol–water partition coefficient (Wildman–Crippen LogP) is 4.25. The van der Waals surface area contributed by atoms with Crippen LogP contribution in [0.5, 0.6) is 5.75 Å². The maximum atomic E-state index is 12.5. The Morgan fingerprint density at radius 1 is 1.19 bits per heavy atom. The van der Waals surface area contributed by atoms with Crippen LogP contribution in [0.25, 0.3) is 0 Å². The minimum Gasteiger partial charge on any atom is -0.489 e. The summed E-state index contributed by atoms with van der Waals surface area (Å²) in [6.45, 7) is 2.94. The lowest BCUT2D eigenvalue weighted by Gasteiger charge is -2.09. The smallest absolute Gasteiger partial charge is 0.251 e. The molecule has 0 saturated heterocycles. The molecule has 27 heavy (non-hydrogen) atoms. The van der Waals surface area contributed by atoms with E-state index < -0.39 is 0 Å². The molecular formula is C21H22BrN3O2. The van der Waals surface area contributed by atoms with Gasteiger partial charge in [-0.1, -0.05) is 31.2 Å². The van der Waals surface area contributed by atoms with Gasteiger partial charge in [0, 0.05) is 12.6 Å². The van der Waals surface area contributed by atoms with Crippen molar-refractivity contribution in [1.82, 2.24) is 15.1 Å². The Morgan fingerprint density at radius 3 is 2.63 bits per heavy atom. The number of hydrogen-bond donors (Lipinski definition) is 1. The molecule has 0 aliphatic rings. The van der Waals surface area contributed by atoms with Gasteiger partial charge in [-0.2, -0.15) is 5.10 Å². The number of amides is 1. The molecule has 0 aliphatic carbocycles. The Hall–Kier alpha value is -2.60. The van der Waals surface area contributed by atoms with Gasteiger partial charge in [0.05, 0.1) is 22.9 Å². The van der Waals surface area contributed by atoms with E-state index in [1.165, 1.54) is 5.56 Å². The predicted molar refractivity (Wildman–Crippen MR) is 109 cm³/mol. The number of nitrogens with one attached hydrogen (secondary N) is 1. The molecule has 0 aliphatic heterocycles. The van der Waals surface area contributed by atoms with E-state index in [-0.39, 0.29) is 5.91 Å². The van der Waals surface area contributed by atoms with Crippen molar-refractivity contribution in [3.05, 3.63) is 81.6 Å². The number of carbonyl (C=O) groups is 1. The van der Waals surface area contributed by atoms with E-state index >= 15 is 0 Å². The summed E-state index contributed by atoms with van der Waals surface area (Å²) < 4.78 is 8.44. The topological polar surface area (TPSA) is 56.1 Å². The van der Waals surface area contributed by atoms with Crippen LogP contribution >= 0.6 is 15.9 Å². The lowest BCUT2D eigenvalue weighted by atomic mass is 10.1. The van der Waals surface area contributed by atoms with Gasteiger partial charge < -0.3 is 10.1 Å². The highest BCUT2D eigenvalue weighted by Crippen LogP contribution is 2.16. The number of aryl methyl sites for hydroxylation is 2. The molecule has 0 saturated carbocycles. The summed E-state index contributed by atoms with van der Waals surface area (Å²) >= 11 is 3.44. The van der Waals surface area contributed by atoms with Gasteiger partial charge in [0.1, 0.15) is 12.4 Å². The van der Waals surface area contributed by atoms with E-state index in [0.717, 1.165) is 27.9 Å². The van der Waals surface area contributed by atoms with Gasteiger partial charge in [-0.25, -0.2) is 0 Å². The highest BCUT2D eigenvalue weighted by atomic mass is 79.9. The van der Waals surface area contributed by atoms with E-state index in [9.17, 15) is 4.79 Å². The SMILES string of the molecule is CCc1ccc(OCc2cccc(C(=O)NCc3c(Br)cnn3C)c2)cc1. The highest BCUT2D eigenvalue weighted by Gasteiger charge is 2.10. The highest BCUT2D eigenvalue weighted by molar-refractivity contribution is 9.10. The van der Waals surface area contributed by atoms with E-state index in [0.29, 0.717) is 18.7 Å². The Kier molecular flexibility index (Phi) is 6.29. The Bertz CT molecular complexity index is 900. The maximum Gasteiger partial charge on any atom is 0.251 e. The van der Waals surface area contributed by atoms with Crippen LogP contribution in [0, 0.1) is 0 Å². The van der Waals surface area contributed by atoms with E-state index in [1.807, 2.05) is 37.4 Å². The molecule has 0 radical (unpaired) electrons. The van der Waals surface area contributed by atoms with Crippen LogP contribution in [0.2, 0.25) is 0 Å². The third-order valence-corrected chi connectivity index (χ3v) is 5.02. The number of aromatic nitrogens is 2. The zero-order valence-corrected chi connectivity index (χ0v) is 17.0. The van der Waals surface area contributed by atoms with Gasteiger partial charge in [0.25, 0.3) is 5.91 Å². The van der Waals surface area contributed by atoms with Crippen molar-refractivity contribution in [2.24, 2.45) is 7.05 Å². The lowest BCUT2D eigenvalue weighted by molar-refractivity contribution is 0.0950. The van der Waals surface area contributed by atoms with Gasteiger partial charge in [-0.3, -0.25) is 9.48 Å². The van der Waals surface area contributed by atoms with Crippen LogP contribution in [0.3, 0.4) is 0 Å². The molecule has 0 atom stereocenters. The third kappa shape index (κ3) is 4.98. The van der Waals surface area contributed by atoms with Gasteiger partial charge in [-0.15, -0.1) is 0 Å². The molecular weight excluding hydrogens is 406 g/mol. The second kappa shape index (κ2) is 8.86. The Morgan fingerprint density at radius 2 is 1.96 bits per heavy atom. The van der Waals surface area contributed by atoms with Gasteiger partial charge >= 0.3 is 0 Å². The minimum atomic E-state index is -0.128. The molecule has 0 spiro atoms. The van der Waals surface area contributed by atoms with Crippen molar-refractivity contribution in [2.45, 2.75) is 26.5 Å². The van der Waals surface area contributed by atoms with Crippen LogP contribution in [-0.4, -0.2) is 15.7 Å². The molecule has 6 heteroatoms. The normalized spacial score (nSPS) is 10.6. The second-order valence-electron chi connectivity index (χ2n) is 6.23. The molecule has 3 rings (SSSR count). The molecule has 2 aromatic carbocycles. The first-order valence-corrected chi connectivity index (χ1v) is 9.61. The van der Waals surface area contributed by atoms with Crippen molar-refractivity contribution in [2.75, 3.05) is 0 Å². The van der Waals surface area contributed by atoms with Crippen LogP contribution in [0.4, 0.5) is 0 Å². The first-order chi connectivity index (χ1) is 13.1. The molecule has 1 aromatic heterocycles. The van der Waals surface area contributed by atoms with Crippen LogP contribution in [-0.2, 0) is 26.6 Å². The average Bonchev–Trinajstić information content (AvgIpc) is 3.02. The molecule has 1 amide bonds. The van der Waals surface area contributed by atoms with Crippen molar-refractivity contribution < 1.29 is 9.53 Å². The quantitative estimate of drug-likeness (QED) is 0.612. The van der Waals surface area contributed by atoms with Crippen molar-refractivity contribution in [3.63, 3.8) is 0 Å². The van der Waals surface area contributed by atoms with Crippen LogP contribution in [0.15, 0.2) is 59.2 Å². The second-order valence-corrected chi connectivity index (χ2v) is 7.09. The Balaban J connectivity index is 1.59.